The van der Waals surface area contributed by atoms with Crippen molar-refractivity contribution in [2.75, 3.05) is 5.32 Å². The number of nitrogens with zero attached hydrogens (tertiary/aromatic N) is 1. The van der Waals surface area contributed by atoms with Crippen LogP contribution in [0, 0.1) is 30.1 Å². The van der Waals surface area contributed by atoms with Gasteiger partial charge in [0.05, 0.1) is 12.6 Å². The van der Waals surface area contributed by atoms with Crippen molar-refractivity contribution in [1.82, 2.24) is 4.90 Å². The summed E-state index contributed by atoms with van der Waals surface area (Å²) < 4.78 is 0. The van der Waals surface area contributed by atoms with Crippen LogP contribution in [0.15, 0.2) is 42.5 Å². The monoisotopic (exact) mass is 496 g/mol. The van der Waals surface area contributed by atoms with Crippen molar-refractivity contribution in [1.29, 1.82) is 0 Å². The van der Waals surface area contributed by atoms with Crippen LogP contribution >= 0.6 is 0 Å². The summed E-state index contributed by atoms with van der Waals surface area (Å²) in [5.74, 6) is 4.91. The Morgan fingerprint density at radius 2 is 1.76 bits per heavy atom. The molecule has 194 valence electrons. The van der Waals surface area contributed by atoms with Gasteiger partial charge in [-0.25, -0.2) is 0 Å². The molecule has 0 saturated heterocycles. The van der Waals surface area contributed by atoms with Gasteiger partial charge in [0, 0.05) is 17.3 Å². The summed E-state index contributed by atoms with van der Waals surface area (Å²) in [6.07, 6.45) is 17.8. The Kier molecular flexibility index (Phi) is 6.53. The minimum absolute atomic E-state index is 0.0231. The van der Waals surface area contributed by atoms with E-state index in [0.717, 1.165) is 60.1 Å². The summed E-state index contributed by atoms with van der Waals surface area (Å²) >= 11 is 0. The van der Waals surface area contributed by atoms with E-state index >= 15 is 0 Å². The molecule has 7 rings (SSSR count). The fourth-order valence-electron chi connectivity index (χ4n) is 8.61. The number of amides is 1. The van der Waals surface area contributed by atoms with E-state index in [9.17, 15) is 9.90 Å². The van der Waals surface area contributed by atoms with Crippen LogP contribution in [0.5, 0.6) is 0 Å². The fourth-order valence-corrected chi connectivity index (χ4v) is 8.61. The quantitative estimate of drug-likeness (QED) is 0.447. The lowest BCUT2D eigenvalue weighted by Gasteiger charge is -2.57. The molecule has 1 heterocycles. The second kappa shape index (κ2) is 9.84. The zero-order valence-corrected chi connectivity index (χ0v) is 22.1. The first-order valence-electron chi connectivity index (χ1n) is 14.4. The summed E-state index contributed by atoms with van der Waals surface area (Å²) in [6, 6.07) is 14.8. The Morgan fingerprint density at radius 1 is 1.08 bits per heavy atom. The highest BCUT2D eigenvalue weighted by atomic mass is 16.3. The normalized spacial score (nSPS) is 31.6. The first kappa shape index (κ1) is 24.6. The van der Waals surface area contributed by atoms with Gasteiger partial charge >= 0.3 is 0 Å². The molecular formula is C33H40N2O2. The minimum atomic E-state index is -0.237. The van der Waals surface area contributed by atoms with E-state index in [1.165, 1.54) is 49.8 Å². The zero-order chi connectivity index (χ0) is 25.6. The van der Waals surface area contributed by atoms with Crippen LogP contribution in [0.3, 0.4) is 0 Å². The number of aliphatic hydroxyl groups excluding tert-OH is 1. The van der Waals surface area contributed by atoms with Crippen LogP contribution in [0.4, 0.5) is 5.69 Å². The number of carbonyl (C=O) groups is 1. The molecule has 37 heavy (non-hydrogen) atoms. The average molecular weight is 497 g/mol. The Labute approximate surface area is 221 Å². The lowest BCUT2D eigenvalue weighted by Crippen LogP contribution is -2.54. The van der Waals surface area contributed by atoms with Crippen molar-refractivity contribution in [2.45, 2.75) is 95.4 Å². The number of aliphatic hydroxyl groups is 1. The number of hydrogen-bond donors (Lipinski definition) is 2. The van der Waals surface area contributed by atoms with Crippen molar-refractivity contribution in [2.24, 2.45) is 17.8 Å². The molecule has 1 amide bonds. The number of unbranched alkanes of at least 4 members (excludes halogenated alkanes) is 1. The zero-order valence-electron chi connectivity index (χ0n) is 22.1. The molecule has 0 radical (unpaired) electrons. The van der Waals surface area contributed by atoms with Gasteiger partial charge in [0.1, 0.15) is 0 Å². The van der Waals surface area contributed by atoms with E-state index in [1.54, 1.807) is 0 Å². The van der Waals surface area contributed by atoms with Crippen molar-refractivity contribution in [3.8, 4) is 12.3 Å². The molecule has 2 aromatic rings. The Balaban J connectivity index is 1.32. The second-order valence-corrected chi connectivity index (χ2v) is 12.4. The SMILES string of the molecule is C#CC(=O)N1[C@@H](CCCC)Cc2cc(CO)ccc2[C@@H]1c1ccc(NC23CC4CC(CC(C4)C2)C3)cc1. The summed E-state index contributed by atoms with van der Waals surface area (Å²) in [6.45, 7) is 2.20. The van der Waals surface area contributed by atoms with Gasteiger partial charge in [-0.2, -0.15) is 0 Å². The van der Waals surface area contributed by atoms with Crippen molar-refractivity contribution < 1.29 is 9.90 Å². The van der Waals surface area contributed by atoms with Gasteiger partial charge in [0.2, 0.25) is 0 Å². The number of benzene rings is 2. The highest BCUT2D eigenvalue weighted by Crippen LogP contribution is 2.56. The van der Waals surface area contributed by atoms with Crippen molar-refractivity contribution in [3.05, 3.63) is 64.7 Å². The number of terminal acetylenes is 1. The van der Waals surface area contributed by atoms with Gasteiger partial charge in [0.15, 0.2) is 0 Å². The van der Waals surface area contributed by atoms with Crippen LogP contribution in [0.25, 0.3) is 0 Å². The van der Waals surface area contributed by atoms with Gasteiger partial charge in [0.25, 0.3) is 5.91 Å². The van der Waals surface area contributed by atoms with Gasteiger partial charge in [-0.1, -0.05) is 50.1 Å². The molecule has 4 aliphatic carbocycles. The number of hydrogen-bond acceptors (Lipinski definition) is 3. The lowest BCUT2D eigenvalue weighted by atomic mass is 9.53. The second-order valence-electron chi connectivity index (χ2n) is 12.4. The number of anilines is 1. The van der Waals surface area contributed by atoms with E-state index in [0.29, 0.717) is 0 Å². The maximum Gasteiger partial charge on any atom is 0.299 e. The molecule has 4 bridgehead atoms. The summed E-state index contributed by atoms with van der Waals surface area (Å²) in [4.78, 5) is 15.1. The molecule has 2 atom stereocenters. The summed E-state index contributed by atoms with van der Waals surface area (Å²) in [5.41, 5.74) is 5.81. The highest BCUT2D eigenvalue weighted by molar-refractivity contribution is 5.94. The molecular weight excluding hydrogens is 456 g/mol. The third-order valence-electron chi connectivity index (χ3n) is 9.73. The highest BCUT2D eigenvalue weighted by Gasteiger charge is 2.51. The van der Waals surface area contributed by atoms with Gasteiger partial charge in [-0.05, 0) is 109 Å². The Bertz CT molecular complexity index is 1160. The molecule has 4 saturated carbocycles. The smallest absolute Gasteiger partial charge is 0.299 e. The Hall–Kier alpha value is -2.77. The first-order valence-corrected chi connectivity index (χ1v) is 14.4. The molecule has 2 aromatic carbocycles. The van der Waals surface area contributed by atoms with Crippen LogP contribution in [0.1, 0.15) is 93.0 Å². The van der Waals surface area contributed by atoms with E-state index in [4.69, 9.17) is 6.42 Å². The predicted octanol–water partition coefficient (Wildman–Crippen LogP) is 6.23. The molecule has 1 aliphatic heterocycles. The molecule has 0 unspecified atom stereocenters. The fraction of sp³-hybridized carbons (Fsp3) is 0.545. The lowest BCUT2D eigenvalue weighted by molar-refractivity contribution is -0.130. The summed E-state index contributed by atoms with van der Waals surface area (Å²) in [7, 11) is 0. The molecule has 4 nitrogen and oxygen atoms in total. The van der Waals surface area contributed by atoms with Crippen LogP contribution in [0.2, 0.25) is 0 Å². The van der Waals surface area contributed by atoms with Crippen LogP contribution in [-0.4, -0.2) is 27.5 Å². The van der Waals surface area contributed by atoms with Crippen LogP contribution in [-0.2, 0) is 17.8 Å². The standard InChI is InChI=1S/C33H40N2O2/c1-3-5-6-29-17-27-16-22(21-36)7-12-30(27)32(35(29)31(37)4-2)26-8-10-28(11-9-26)34-33-18-23-13-24(19-33)15-25(14-23)20-33/h2,7-12,16,23-25,29,32,34,36H,3,5-6,13-15,17-21H2,1H3/t23?,24?,25?,29-,32-,33?/m0/s1. The maximum absolute atomic E-state index is 13.2. The van der Waals surface area contributed by atoms with Gasteiger partial charge in [-0.3, -0.25) is 4.79 Å². The summed E-state index contributed by atoms with van der Waals surface area (Å²) in [5, 5.41) is 13.7. The maximum atomic E-state index is 13.2. The predicted molar refractivity (Wildman–Crippen MR) is 148 cm³/mol. The number of rotatable bonds is 7. The van der Waals surface area contributed by atoms with E-state index in [1.807, 2.05) is 11.0 Å². The molecule has 4 heteroatoms. The average Bonchev–Trinajstić information content (AvgIpc) is 2.89. The molecule has 5 aliphatic rings. The van der Waals surface area contributed by atoms with E-state index in [2.05, 4.69) is 54.6 Å². The topological polar surface area (TPSA) is 52.6 Å². The Morgan fingerprint density at radius 3 is 2.35 bits per heavy atom. The third kappa shape index (κ3) is 4.57. The number of nitrogens with one attached hydrogen (secondary N) is 1. The van der Waals surface area contributed by atoms with Crippen LogP contribution < -0.4 is 5.32 Å². The molecule has 0 aromatic heterocycles. The number of fused-ring (bicyclic) bond motifs is 1. The molecule has 2 N–H and O–H groups in total. The third-order valence-corrected chi connectivity index (χ3v) is 9.73. The van der Waals surface area contributed by atoms with Gasteiger partial charge < -0.3 is 15.3 Å². The van der Waals surface area contributed by atoms with E-state index < -0.39 is 0 Å². The number of carbonyl (C=O) groups excluding carboxylic acids is 1. The molecule has 0 spiro atoms. The minimum Gasteiger partial charge on any atom is -0.392 e. The largest absolute Gasteiger partial charge is 0.392 e. The van der Waals surface area contributed by atoms with Gasteiger partial charge in [-0.15, -0.1) is 6.42 Å². The van der Waals surface area contributed by atoms with Crippen molar-refractivity contribution in [3.63, 3.8) is 0 Å². The van der Waals surface area contributed by atoms with E-state index in [-0.39, 0.29) is 30.1 Å². The first-order chi connectivity index (χ1) is 18.0. The molecule has 4 fully saturated rings. The van der Waals surface area contributed by atoms with Crippen molar-refractivity contribution >= 4 is 11.6 Å².